The van der Waals surface area contributed by atoms with Gasteiger partial charge < -0.3 is 15.2 Å². The van der Waals surface area contributed by atoms with E-state index in [4.69, 9.17) is 0 Å². The third-order valence-corrected chi connectivity index (χ3v) is 5.02. The number of aromatic nitrogens is 2. The van der Waals surface area contributed by atoms with Crippen LogP contribution < -0.4 is 10.6 Å². The number of hydrogen-bond acceptors (Lipinski definition) is 4. The van der Waals surface area contributed by atoms with Crippen molar-refractivity contribution in [1.82, 2.24) is 14.9 Å². The SMILES string of the molecule is Cc1ncn(-c2ccc(NC(=O)C(C)NC(=O)c3cccs3)cc2)c1C. The molecule has 2 heterocycles. The molecular weight excluding hydrogens is 348 g/mol. The highest BCUT2D eigenvalue weighted by Crippen LogP contribution is 2.17. The van der Waals surface area contributed by atoms with Crippen LogP contribution in [0, 0.1) is 13.8 Å². The summed E-state index contributed by atoms with van der Waals surface area (Å²) in [4.78, 5) is 29.2. The highest BCUT2D eigenvalue weighted by atomic mass is 32.1. The molecule has 0 spiro atoms. The van der Waals surface area contributed by atoms with E-state index in [1.807, 2.05) is 48.1 Å². The average molecular weight is 368 g/mol. The third-order valence-electron chi connectivity index (χ3n) is 4.15. The van der Waals surface area contributed by atoms with Crippen LogP contribution in [0.15, 0.2) is 48.1 Å². The van der Waals surface area contributed by atoms with Crippen molar-refractivity contribution < 1.29 is 9.59 Å². The Morgan fingerprint density at radius 2 is 1.88 bits per heavy atom. The summed E-state index contributed by atoms with van der Waals surface area (Å²) < 4.78 is 1.99. The first-order valence-corrected chi connectivity index (χ1v) is 9.10. The van der Waals surface area contributed by atoms with Crippen LogP contribution in [-0.4, -0.2) is 27.4 Å². The standard InChI is InChI=1S/C19H20N4O2S/c1-12-14(3)23(11-20-12)16-8-6-15(7-9-16)22-18(24)13(2)21-19(25)17-5-4-10-26-17/h4-11,13H,1-3H3,(H,21,25)(H,22,24). The summed E-state index contributed by atoms with van der Waals surface area (Å²) in [6.45, 7) is 5.63. The van der Waals surface area contributed by atoms with Gasteiger partial charge in [0, 0.05) is 17.1 Å². The van der Waals surface area contributed by atoms with Crippen molar-refractivity contribution in [2.75, 3.05) is 5.32 Å². The van der Waals surface area contributed by atoms with Gasteiger partial charge >= 0.3 is 0 Å². The lowest BCUT2D eigenvalue weighted by Crippen LogP contribution is -2.41. The van der Waals surface area contributed by atoms with Crippen LogP contribution in [0.5, 0.6) is 0 Å². The van der Waals surface area contributed by atoms with Crippen LogP contribution in [-0.2, 0) is 4.79 Å². The fourth-order valence-corrected chi connectivity index (χ4v) is 3.08. The van der Waals surface area contributed by atoms with Crippen molar-refractivity contribution in [1.29, 1.82) is 0 Å². The maximum absolute atomic E-state index is 12.3. The summed E-state index contributed by atoms with van der Waals surface area (Å²) >= 11 is 1.34. The molecule has 6 nitrogen and oxygen atoms in total. The number of thiophene rings is 1. The smallest absolute Gasteiger partial charge is 0.261 e. The van der Waals surface area contributed by atoms with E-state index >= 15 is 0 Å². The van der Waals surface area contributed by atoms with Crippen molar-refractivity contribution in [3.63, 3.8) is 0 Å². The van der Waals surface area contributed by atoms with Crippen LogP contribution in [0.4, 0.5) is 5.69 Å². The maximum Gasteiger partial charge on any atom is 0.261 e. The van der Waals surface area contributed by atoms with E-state index in [1.54, 1.807) is 25.4 Å². The Balaban J connectivity index is 1.62. The Labute approximate surface area is 155 Å². The van der Waals surface area contributed by atoms with Crippen molar-refractivity contribution >= 4 is 28.8 Å². The number of imidazole rings is 1. The van der Waals surface area contributed by atoms with Crippen LogP contribution in [0.1, 0.15) is 28.0 Å². The molecule has 2 amide bonds. The monoisotopic (exact) mass is 368 g/mol. The van der Waals surface area contributed by atoms with E-state index in [2.05, 4.69) is 15.6 Å². The van der Waals surface area contributed by atoms with E-state index in [0.717, 1.165) is 17.1 Å². The largest absolute Gasteiger partial charge is 0.340 e. The number of hydrogen-bond donors (Lipinski definition) is 2. The molecule has 0 aliphatic rings. The molecule has 0 aliphatic heterocycles. The summed E-state index contributed by atoms with van der Waals surface area (Å²) in [5.41, 5.74) is 3.70. The molecule has 3 aromatic rings. The second-order valence-corrected chi connectivity index (χ2v) is 6.94. The first-order chi connectivity index (χ1) is 12.5. The minimum Gasteiger partial charge on any atom is -0.340 e. The molecule has 1 atom stereocenters. The Bertz CT molecular complexity index is 914. The zero-order valence-electron chi connectivity index (χ0n) is 14.8. The Morgan fingerprint density at radius 3 is 2.46 bits per heavy atom. The molecule has 7 heteroatoms. The maximum atomic E-state index is 12.3. The second-order valence-electron chi connectivity index (χ2n) is 5.99. The molecule has 2 N–H and O–H groups in total. The molecule has 134 valence electrons. The van der Waals surface area contributed by atoms with Gasteiger partial charge in [-0.15, -0.1) is 11.3 Å². The van der Waals surface area contributed by atoms with E-state index < -0.39 is 6.04 Å². The van der Waals surface area contributed by atoms with Gasteiger partial charge in [0.05, 0.1) is 16.9 Å². The van der Waals surface area contributed by atoms with Gasteiger partial charge in [0.1, 0.15) is 6.04 Å². The van der Waals surface area contributed by atoms with Crippen molar-refractivity contribution in [3.8, 4) is 5.69 Å². The molecular formula is C19H20N4O2S. The first kappa shape index (κ1) is 17.9. The minimum absolute atomic E-state index is 0.246. The predicted octanol–water partition coefficient (Wildman–Crippen LogP) is 3.31. The van der Waals surface area contributed by atoms with Crippen LogP contribution in [0.3, 0.4) is 0 Å². The van der Waals surface area contributed by atoms with Gasteiger partial charge in [0.25, 0.3) is 5.91 Å². The molecule has 2 aromatic heterocycles. The molecule has 0 aliphatic carbocycles. The van der Waals surface area contributed by atoms with Gasteiger partial charge in [-0.2, -0.15) is 0 Å². The quantitative estimate of drug-likeness (QED) is 0.725. The Morgan fingerprint density at radius 1 is 1.15 bits per heavy atom. The first-order valence-electron chi connectivity index (χ1n) is 8.22. The molecule has 26 heavy (non-hydrogen) atoms. The Kier molecular flexibility index (Phi) is 5.18. The summed E-state index contributed by atoms with van der Waals surface area (Å²) in [7, 11) is 0. The highest BCUT2D eigenvalue weighted by Gasteiger charge is 2.17. The number of rotatable bonds is 5. The number of carbonyl (C=O) groups excluding carboxylic acids is 2. The third kappa shape index (κ3) is 3.83. The van der Waals surface area contributed by atoms with Crippen LogP contribution >= 0.6 is 11.3 Å². The molecule has 1 aromatic carbocycles. The fourth-order valence-electron chi connectivity index (χ4n) is 2.46. The number of nitrogens with zero attached hydrogens (tertiary/aromatic N) is 2. The van der Waals surface area contributed by atoms with Gasteiger partial charge in [-0.05, 0) is 56.5 Å². The lowest BCUT2D eigenvalue weighted by Gasteiger charge is -2.14. The number of amides is 2. The molecule has 0 fully saturated rings. The van der Waals surface area contributed by atoms with Crippen LogP contribution in [0.25, 0.3) is 5.69 Å². The van der Waals surface area contributed by atoms with Crippen molar-refractivity contribution in [2.24, 2.45) is 0 Å². The van der Waals surface area contributed by atoms with E-state index in [0.29, 0.717) is 10.6 Å². The number of aryl methyl sites for hydroxylation is 1. The highest BCUT2D eigenvalue weighted by molar-refractivity contribution is 7.12. The van der Waals surface area contributed by atoms with Gasteiger partial charge in [0.2, 0.25) is 5.91 Å². The van der Waals surface area contributed by atoms with Crippen LogP contribution in [0.2, 0.25) is 0 Å². The summed E-state index contributed by atoms with van der Waals surface area (Å²) in [6.07, 6.45) is 1.78. The number of benzene rings is 1. The van der Waals surface area contributed by atoms with Crippen molar-refractivity contribution in [3.05, 3.63) is 64.4 Å². The Hall–Kier alpha value is -2.93. The van der Waals surface area contributed by atoms with Gasteiger partial charge in [0.15, 0.2) is 0 Å². The summed E-state index contributed by atoms with van der Waals surface area (Å²) in [5.74, 6) is -0.513. The van der Waals surface area contributed by atoms with Gasteiger partial charge in [-0.3, -0.25) is 9.59 Å². The molecule has 0 saturated carbocycles. The van der Waals surface area contributed by atoms with Crippen molar-refractivity contribution in [2.45, 2.75) is 26.8 Å². The van der Waals surface area contributed by atoms with Gasteiger partial charge in [-0.1, -0.05) is 6.07 Å². The zero-order valence-corrected chi connectivity index (χ0v) is 15.6. The normalized spacial score (nSPS) is 11.8. The predicted molar refractivity (Wildman–Crippen MR) is 103 cm³/mol. The van der Waals surface area contributed by atoms with Gasteiger partial charge in [-0.25, -0.2) is 4.98 Å². The zero-order chi connectivity index (χ0) is 18.7. The molecule has 0 saturated heterocycles. The molecule has 1 unspecified atom stereocenters. The lowest BCUT2D eigenvalue weighted by molar-refractivity contribution is -0.117. The molecule has 0 bridgehead atoms. The average Bonchev–Trinajstić information content (AvgIpc) is 3.27. The topological polar surface area (TPSA) is 76.0 Å². The molecule has 3 rings (SSSR count). The summed E-state index contributed by atoms with van der Waals surface area (Å²) in [5, 5.41) is 7.34. The van der Waals surface area contributed by atoms with E-state index in [-0.39, 0.29) is 11.8 Å². The second kappa shape index (κ2) is 7.53. The number of carbonyl (C=O) groups is 2. The lowest BCUT2D eigenvalue weighted by atomic mass is 10.2. The fraction of sp³-hybridized carbons (Fsp3) is 0.211. The summed E-state index contributed by atoms with van der Waals surface area (Å²) in [6, 6.07) is 10.4. The van der Waals surface area contributed by atoms with E-state index in [9.17, 15) is 9.59 Å². The number of anilines is 1. The minimum atomic E-state index is -0.636. The van der Waals surface area contributed by atoms with E-state index in [1.165, 1.54) is 11.3 Å². The number of nitrogens with one attached hydrogen (secondary N) is 2. The molecule has 0 radical (unpaired) electrons.